The highest BCUT2D eigenvalue weighted by Gasteiger charge is 2.03. The van der Waals surface area contributed by atoms with Gasteiger partial charge in [-0.15, -0.1) is 11.8 Å². The SMILES string of the molecule is CSc1ccc(Nc2nc(Cl)ncc2N)cc1. The van der Waals surface area contributed by atoms with Crippen molar-refractivity contribution in [1.29, 1.82) is 0 Å². The molecule has 0 aliphatic rings. The van der Waals surface area contributed by atoms with E-state index < -0.39 is 0 Å². The van der Waals surface area contributed by atoms with Crippen LogP contribution >= 0.6 is 23.4 Å². The van der Waals surface area contributed by atoms with Crippen LogP contribution < -0.4 is 11.1 Å². The van der Waals surface area contributed by atoms with Crippen molar-refractivity contribution in [3.8, 4) is 0 Å². The summed E-state index contributed by atoms with van der Waals surface area (Å²) in [5.74, 6) is 0.516. The lowest BCUT2D eigenvalue weighted by molar-refractivity contribution is 1.17. The van der Waals surface area contributed by atoms with E-state index in [1.165, 1.54) is 11.1 Å². The normalized spacial score (nSPS) is 10.2. The quantitative estimate of drug-likeness (QED) is 0.660. The molecular formula is C11H11ClN4S. The number of rotatable bonds is 3. The van der Waals surface area contributed by atoms with Gasteiger partial charge in [-0.05, 0) is 42.1 Å². The average Bonchev–Trinajstić information content (AvgIpc) is 2.35. The Morgan fingerprint density at radius 3 is 2.65 bits per heavy atom. The number of benzene rings is 1. The number of hydrogen-bond acceptors (Lipinski definition) is 5. The summed E-state index contributed by atoms with van der Waals surface area (Å²) in [5.41, 5.74) is 7.11. The first kappa shape index (κ1) is 12.0. The van der Waals surface area contributed by atoms with Crippen molar-refractivity contribution in [3.63, 3.8) is 0 Å². The average molecular weight is 267 g/mol. The highest BCUT2D eigenvalue weighted by atomic mass is 35.5. The highest BCUT2D eigenvalue weighted by Crippen LogP contribution is 2.23. The Balaban J connectivity index is 2.22. The van der Waals surface area contributed by atoms with Crippen LogP contribution in [0.25, 0.3) is 0 Å². The minimum Gasteiger partial charge on any atom is -0.394 e. The van der Waals surface area contributed by atoms with Crippen LogP contribution in [0.5, 0.6) is 0 Å². The molecule has 0 fully saturated rings. The zero-order chi connectivity index (χ0) is 12.3. The molecule has 2 rings (SSSR count). The van der Waals surface area contributed by atoms with Gasteiger partial charge in [0.05, 0.1) is 11.9 Å². The number of nitrogens with one attached hydrogen (secondary N) is 1. The molecule has 0 aliphatic carbocycles. The molecular weight excluding hydrogens is 256 g/mol. The summed E-state index contributed by atoms with van der Waals surface area (Å²) < 4.78 is 0. The van der Waals surface area contributed by atoms with E-state index in [0.29, 0.717) is 11.5 Å². The zero-order valence-corrected chi connectivity index (χ0v) is 10.7. The molecule has 0 aliphatic heterocycles. The fourth-order valence-corrected chi connectivity index (χ4v) is 1.82. The molecule has 0 atom stereocenters. The molecule has 0 amide bonds. The van der Waals surface area contributed by atoms with Gasteiger partial charge in [0, 0.05) is 10.6 Å². The van der Waals surface area contributed by atoms with E-state index in [9.17, 15) is 0 Å². The van der Waals surface area contributed by atoms with Crippen LogP contribution in [0, 0.1) is 0 Å². The van der Waals surface area contributed by atoms with Crippen molar-refractivity contribution in [2.75, 3.05) is 17.3 Å². The van der Waals surface area contributed by atoms with Gasteiger partial charge in [0.25, 0.3) is 0 Å². The molecule has 0 bridgehead atoms. The van der Waals surface area contributed by atoms with Crippen molar-refractivity contribution in [1.82, 2.24) is 9.97 Å². The molecule has 1 aromatic heterocycles. The summed E-state index contributed by atoms with van der Waals surface area (Å²) in [5, 5.41) is 3.26. The van der Waals surface area contributed by atoms with Gasteiger partial charge >= 0.3 is 0 Å². The van der Waals surface area contributed by atoms with Gasteiger partial charge in [-0.1, -0.05) is 0 Å². The number of anilines is 3. The Morgan fingerprint density at radius 2 is 2.00 bits per heavy atom. The maximum absolute atomic E-state index is 5.74. The molecule has 3 N–H and O–H groups in total. The first-order valence-electron chi connectivity index (χ1n) is 4.88. The molecule has 0 spiro atoms. The third kappa shape index (κ3) is 3.01. The topological polar surface area (TPSA) is 63.8 Å². The van der Waals surface area contributed by atoms with Crippen molar-refractivity contribution >= 4 is 40.6 Å². The lowest BCUT2D eigenvalue weighted by Gasteiger charge is -2.08. The van der Waals surface area contributed by atoms with E-state index in [2.05, 4.69) is 15.3 Å². The van der Waals surface area contributed by atoms with E-state index in [1.807, 2.05) is 30.5 Å². The van der Waals surface area contributed by atoms with E-state index >= 15 is 0 Å². The molecule has 17 heavy (non-hydrogen) atoms. The van der Waals surface area contributed by atoms with Crippen LogP contribution in [0.3, 0.4) is 0 Å². The largest absolute Gasteiger partial charge is 0.394 e. The lowest BCUT2D eigenvalue weighted by atomic mass is 10.3. The predicted molar refractivity (Wildman–Crippen MR) is 73.0 cm³/mol. The molecule has 1 heterocycles. The van der Waals surface area contributed by atoms with Gasteiger partial charge in [0.1, 0.15) is 0 Å². The van der Waals surface area contributed by atoms with Crippen LogP contribution in [0.1, 0.15) is 0 Å². The molecule has 0 radical (unpaired) electrons. The minimum atomic E-state index is 0.169. The molecule has 88 valence electrons. The van der Waals surface area contributed by atoms with E-state index in [0.717, 1.165) is 5.69 Å². The third-order valence-corrected chi connectivity index (χ3v) is 3.07. The summed E-state index contributed by atoms with van der Waals surface area (Å²) >= 11 is 7.40. The summed E-state index contributed by atoms with van der Waals surface area (Å²) in [6.07, 6.45) is 3.51. The molecule has 0 saturated carbocycles. The highest BCUT2D eigenvalue weighted by molar-refractivity contribution is 7.98. The van der Waals surface area contributed by atoms with Crippen molar-refractivity contribution in [2.45, 2.75) is 4.90 Å². The number of nitrogen functional groups attached to an aromatic ring is 1. The maximum atomic E-state index is 5.74. The van der Waals surface area contributed by atoms with Crippen LogP contribution in [-0.2, 0) is 0 Å². The molecule has 0 unspecified atom stereocenters. The lowest BCUT2D eigenvalue weighted by Crippen LogP contribution is -2.00. The van der Waals surface area contributed by atoms with Crippen LogP contribution in [0.4, 0.5) is 17.2 Å². The number of nitrogens with two attached hydrogens (primary N) is 1. The van der Waals surface area contributed by atoms with Crippen molar-refractivity contribution in [3.05, 3.63) is 35.7 Å². The smallest absolute Gasteiger partial charge is 0.224 e. The fourth-order valence-electron chi connectivity index (χ4n) is 1.28. The first-order chi connectivity index (χ1) is 8.19. The van der Waals surface area contributed by atoms with E-state index in [1.54, 1.807) is 11.8 Å². The Bertz CT molecular complexity index is 515. The first-order valence-corrected chi connectivity index (χ1v) is 6.48. The summed E-state index contributed by atoms with van der Waals surface area (Å²) in [6, 6.07) is 7.96. The summed E-state index contributed by atoms with van der Waals surface area (Å²) in [6.45, 7) is 0. The molecule has 6 heteroatoms. The summed E-state index contributed by atoms with van der Waals surface area (Å²) in [7, 11) is 0. The molecule has 0 saturated heterocycles. The minimum absolute atomic E-state index is 0.169. The number of halogens is 1. The second kappa shape index (κ2) is 5.25. The monoisotopic (exact) mass is 266 g/mol. The van der Waals surface area contributed by atoms with Gasteiger partial charge in [0.15, 0.2) is 5.82 Å². The number of thioether (sulfide) groups is 1. The predicted octanol–water partition coefficient (Wildman–Crippen LogP) is 3.18. The standard InChI is InChI=1S/C11H11ClN4S/c1-17-8-4-2-7(3-5-8)15-10-9(13)6-14-11(12)16-10/h2-6H,13H2,1H3,(H,14,15,16). The van der Waals surface area contributed by atoms with Gasteiger partial charge in [-0.2, -0.15) is 4.98 Å². The van der Waals surface area contributed by atoms with E-state index in [-0.39, 0.29) is 5.28 Å². The number of aromatic nitrogens is 2. The zero-order valence-electron chi connectivity index (χ0n) is 9.14. The Labute approximate surface area is 109 Å². The second-order valence-corrected chi connectivity index (χ2v) is 4.51. The van der Waals surface area contributed by atoms with Gasteiger partial charge < -0.3 is 11.1 Å². The van der Waals surface area contributed by atoms with Crippen LogP contribution in [0.15, 0.2) is 35.4 Å². The Morgan fingerprint density at radius 1 is 1.29 bits per heavy atom. The summed E-state index contributed by atoms with van der Waals surface area (Å²) in [4.78, 5) is 9.02. The third-order valence-electron chi connectivity index (χ3n) is 2.14. The molecule has 4 nitrogen and oxygen atoms in total. The van der Waals surface area contributed by atoms with E-state index in [4.69, 9.17) is 17.3 Å². The van der Waals surface area contributed by atoms with Gasteiger partial charge in [-0.25, -0.2) is 4.98 Å². The van der Waals surface area contributed by atoms with Gasteiger partial charge in [0.2, 0.25) is 5.28 Å². The second-order valence-electron chi connectivity index (χ2n) is 3.30. The molecule has 2 aromatic rings. The molecule has 1 aromatic carbocycles. The number of hydrogen-bond donors (Lipinski definition) is 2. The Kier molecular flexibility index (Phi) is 3.71. The fraction of sp³-hybridized carbons (Fsp3) is 0.0909. The van der Waals surface area contributed by atoms with Crippen molar-refractivity contribution < 1.29 is 0 Å². The number of nitrogens with zero attached hydrogens (tertiary/aromatic N) is 2. The van der Waals surface area contributed by atoms with Crippen molar-refractivity contribution in [2.24, 2.45) is 0 Å². The van der Waals surface area contributed by atoms with Crippen LogP contribution in [-0.4, -0.2) is 16.2 Å². The van der Waals surface area contributed by atoms with Crippen LogP contribution in [0.2, 0.25) is 5.28 Å². The maximum Gasteiger partial charge on any atom is 0.224 e. The Hall–Kier alpha value is -1.46. The van der Waals surface area contributed by atoms with Gasteiger partial charge in [-0.3, -0.25) is 0 Å².